The minimum Gasteiger partial charge on any atom is -0.455 e. The lowest BCUT2D eigenvalue weighted by molar-refractivity contribution is 0.476. The molecule has 0 amide bonds. The fourth-order valence-corrected chi connectivity index (χ4v) is 3.49. The molecule has 0 fully saturated rings. The van der Waals surface area contributed by atoms with Crippen molar-refractivity contribution in [3.05, 3.63) is 82.6 Å². The zero-order valence-corrected chi connectivity index (χ0v) is 14.7. The van der Waals surface area contributed by atoms with E-state index in [2.05, 4.69) is 6.07 Å². The maximum atomic E-state index is 14.1. The number of hydrogen-bond donors (Lipinski definition) is 0. The molecule has 0 unspecified atom stereocenters. The van der Waals surface area contributed by atoms with Crippen molar-refractivity contribution < 1.29 is 9.13 Å². The summed E-state index contributed by atoms with van der Waals surface area (Å²) in [6.45, 7) is 4.02. The van der Waals surface area contributed by atoms with E-state index in [-0.39, 0.29) is 5.82 Å². The smallest absolute Gasteiger partial charge is 0.146 e. The van der Waals surface area contributed by atoms with Gasteiger partial charge in [-0.2, -0.15) is 0 Å². The number of fused-ring (bicyclic) bond motifs is 3. The lowest BCUT2D eigenvalue weighted by Gasteiger charge is -2.16. The van der Waals surface area contributed by atoms with E-state index in [9.17, 15) is 4.39 Å². The van der Waals surface area contributed by atoms with E-state index in [0.29, 0.717) is 16.2 Å². The molecule has 4 rings (SSSR count). The van der Waals surface area contributed by atoms with Crippen LogP contribution >= 0.6 is 11.6 Å². The first-order chi connectivity index (χ1) is 12.1. The average molecular weight is 351 g/mol. The van der Waals surface area contributed by atoms with Crippen LogP contribution in [0.2, 0.25) is 5.02 Å². The van der Waals surface area contributed by atoms with Gasteiger partial charge in [0.2, 0.25) is 0 Å². The van der Waals surface area contributed by atoms with E-state index in [0.717, 1.165) is 33.0 Å². The van der Waals surface area contributed by atoms with Crippen LogP contribution < -0.4 is 4.74 Å². The lowest BCUT2D eigenvalue weighted by atomic mass is 9.96. The Morgan fingerprint density at radius 1 is 0.800 bits per heavy atom. The second-order valence-electron chi connectivity index (χ2n) is 6.18. The van der Waals surface area contributed by atoms with Crippen LogP contribution in [-0.2, 0) is 0 Å². The topological polar surface area (TPSA) is 9.23 Å². The summed E-state index contributed by atoms with van der Waals surface area (Å²) in [4.78, 5) is 0. The Balaban J connectivity index is 1.96. The summed E-state index contributed by atoms with van der Waals surface area (Å²) in [5.41, 5.74) is 2.00. The number of para-hydroxylation sites is 1. The largest absolute Gasteiger partial charge is 0.455 e. The SMILES string of the molecule is Cc1cc2c(ccc3c(F)cccc32)c(C)c1Oc1ccccc1Cl. The number of rotatable bonds is 2. The van der Waals surface area contributed by atoms with Crippen molar-refractivity contribution in [2.75, 3.05) is 0 Å². The summed E-state index contributed by atoms with van der Waals surface area (Å²) < 4.78 is 20.2. The van der Waals surface area contributed by atoms with Gasteiger partial charge < -0.3 is 4.74 Å². The Kier molecular flexibility index (Phi) is 3.85. The van der Waals surface area contributed by atoms with Crippen molar-refractivity contribution >= 4 is 33.1 Å². The van der Waals surface area contributed by atoms with Crippen LogP contribution in [0.4, 0.5) is 4.39 Å². The monoisotopic (exact) mass is 350 g/mol. The fraction of sp³-hybridized carbons (Fsp3) is 0.0909. The zero-order valence-electron chi connectivity index (χ0n) is 13.9. The van der Waals surface area contributed by atoms with E-state index in [1.807, 2.05) is 50.2 Å². The van der Waals surface area contributed by atoms with Gasteiger partial charge in [0.05, 0.1) is 5.02 Å². The molecule has 4 aromatic carbocycles. The molecule has 0 saturated heterocycles. The third-order valence-electron chi connectivity index (χ3n) is 4.56. The molecular weight excluding hydrogens is 335 g/mol. The van der Waals surface area contributed by atoms with Gasteiger partial charge in [0, 0.05) is 5.39 Å². The molecule has 4 aromatic rings. The van der Waals surface area contributed by atoms with Crippen molar-refractivity contribution in [2.45, 2.75) is 13.8 Å². The van der Waals surface area contributed by atoms with Crippen molar-refractivity contribution in [2.24, 2.45) is 0 Å². The molecule has 0 saturated carbocycles. The molecule has 0 N–H and O–H groups in total. The maximum absolute atomic E-state index is 14.1. The van der Waals surface area contributed by atoms with Gasteiger partial charge in [-0.3, -0.25) is 0 Å². The third-order valence-corrected chi connectivity index (χ3v) is 4.87. The Morgan fingerprint density at radius 2 is 1.56 bits per heavy atom. The number of aryl methyl sites for hydroxylation is 2. The van der Waals surface area contributed by atoms with Gasteiger partial charge >= 0.3 is 0 Å². The molecule has 25 heavy (non-hydrogen) atoms. The standard InChI is InChI=1S/C22H16ClFO/c1-13-12-18-15(10-11-17-16(18)6-5-8-20(17)24)14(2)22(13)25-21-9-4-3-7-19(21)23/h3-12H,1-2H3. The molecule has 1 nitrogen and oxygen atoms in total. The first kappa shape index (κ1) is 15.9. The number of benzene rings is 4. The number of hydrogen-bond acceptors (Lipinski definition) is 1. The Bertz CT molecular complexity index is 1120. The van der Waals surface area contributed by atoms with Crippen LogP contribution in [0.1, 0.15) is 11.1 Å². The molecule has 0 aromatic heterocycles. The summed E-state index contributed by atoms with van der Waals surface area (Å²) in [5, 5.41) is 4.19. The second-order valence-corrected chi connectivity index (χ2v) is 6.58. The quantitative estimate of drug-likeness (QED) is 0.347. The fourth-order valence-electron chi connectivity index (χ4n) is 3.32. The maximum Gasteiger partial charge on any atom is 0.146 e. The highest BCUT2D eigenvalue weighted by molar-refractivity contribution is 6.32. The Labute approximate surface area is 150 Å². The van der Waals surface area contributed by atoms with Crippen molar-refractivity contribution in [3.8, 4) is 11.5 Å². The van der Waals surface area contributed by atoms with E-state index in [1.54, 1.807) is 12.1 Å². The molecule has 0 aliphatic heterocycles. The van der Waals surface area contributed by atoms with Gasteiger partial charge in [0.25, 0.3) is 0 Å². The highest BCUT2D eigenvalue weighted by Gasteiger charge is 2.14. The molecule has 0 atom stereocenters. The van der Waals surface area contributed by atoms with Crippen LogP contribution in [-0.4, -0.2) is 0 Å². The van der Waals surface area contributed by atoms with Crippen molar-refractivity contribution in [1.82, 2.24) is 0 Å². The summed E-state index contributed by atoms with van der Waals surface area (Å²) in [6, 6.07) is 18.4. The van der Waals surface area contributed by atoms with Gasteiger partial charge in [0.1, 0.15) is 17.3 Å². The van der Waals surface area contributed by atoms with E-state index >= 15 is 0 Å². The van der Waals surface area contributed by atoms with Gasteiger partial charge in [-0.1, -0.05) is 48.0 Å². The predicted molar refractivity (Wildman–Crippen MR) is 102 cm³/mol. The summed E-state index contributed by atoms with van der Waals surface area (Å²) in [5.74, 6) is 1.21. The first-order valence-corrected chi connectivity index (χ1v) is 8.47. The molecule has 0 aliphatic rings. The van der Waals surface area contributed by atoms with Crippen LogP contribution in [0.15, 0.2) is 60.7 Å². The lowest BCUT2D eigenvalue weighted by Crippen LogP contribution is -1.94. The second kappa shape index (κ2) is 6.05. The first-order valence-electron chi connectivity index (χ1n) is 8.10. The minimum atomic E-state index is -0.203. The summed E-state index contributed by atoms with van der Waals surface area (Å²) >= 11 is 6.23. The minimum absolute atomic E-state index is 0.203. The van der Waals surface area contributed by atoms with Gasteiger partial charge in [-0.05, 0) is 65.4 Å². The van der Waals surface area contributed by atoms with E-state index in [4.69, 9.17) is 16.3 Å². The Hall–Kier alpha value is -2.58. The van der Waals surface area contributed by atoms with E-state index < -0.39 is 0 Å². The Morgan fingerprint density at radius 3 is 2.36 bits per heavy atom. The van der Waals surface area contributed by atoms with Crippen LogP contribution in [0, 0.1) is 19.7 Å². The molecule has 0 aliphatic carbocycles. The van der Waals surface area contributed by atoms with Gasteiger partial charge in [0.15, 0.2) is 0 Å². The molecule has 0 bridgehead atoms. The van der Waals surface area contributed by atoms with Crippen molar-refractivity contribution in [3.63, 3.8) is 0 Å². The molecule has 0 spiro atoms. The van der Waals surface area contributed by atoms with Crippen LogP contribution in [0.3, 0.4) is 0 Å². The zero-order chi connectivity index (χ0) is 17.6. The predicted octanol–water partition coefficient (Wildman–Crippen LogP) is 7.19. The summed E-state index contributed by atoms with van der Waals surface area (Å²) in [6.07, 6.45) is 0. The molecule has 124 valence electrons. The van der Waals surface area contributed by atoms with Crippen LogP contribution in [0.5, 0.6) is 11.5 Å². The van der Waals surface area contributed by atoms with E-state index in [1.165, 1.54) is 6.07 Å². The average Bonchev–Trinajstić information content (AvgIpc) is 2.60. The molecular formula is C22H16ClFO. The van der Waals surface area contributed by atoms with Gasteiger partial charge in [-0.25, -0.2) is 4.39 Å². The highest BCUT2D eigenvalue weighted by atomic mass is 35.5. The van der Waals surface area contributed by atoms with Crippen molar-refractivity contribution in [1.29, 1.82) is 0 Å². The molecule has 3 heteroatoms. The molecule has 0 radical (unpaired) electrons. The van der Waals surface area contributed by atoms with Crippen LogP contribution in [0.25, 0.3) is 21.5 Å². The van der Waals surface area contributed by atoms with Gasteiger partial charge in [-0.15, -0.1) is 0 Å². The number of ether oxygens (including phenoxy) is 1. The number of halogens is 2. The third kappa shape index (κ3) is 2.63. The normalized spacial score (nSPS) is 11.2. The highest BCUT2D eigenvalue weighted by Crippen LogP contribution is 2.39. The summed E-state index contributed by atoms with van der Waals surface area (Å²) in [7, 11) is 0. The molecule has 0 heterocycles.